The minimum absolute atomic E-state index is 0. The van der Waals surface area contributed by atoms with Crippen LogP contribution in [-0.2, 0) is 6.42 Å². The predicted octanol–water partition coefficient (Wildman–Crippen LogP) is 2.99. The summed E-state index contributed by atoms with van der Waals surface area (Å²) in [5.41, 5.74) is 9.72. The van der Waals surface area contributed by atoms with Gasteiger partial charge >= 0.3 is 0 Å². The van der Waals surface area contributed by atoms with Crippen LogP contribution in [-0.4, -0.2) is 20.8 Å². The molecule has 0 saturated heterocycles. The van der Waals surface area contributed by atoms with Crippen LogP contribution in [0.15, 0.2) is 6.07 Å². The molecular weight excluding hydrogens is 262 g/mol. The minimum atomic E-state index is 0. The van der Waals surface area contributed by atoms with Crippen LogP contribution in [0, 0.1) is 0 Å². The molecule has 2 aliphatic carbocycles. The second-order valence-corrected chi connectivity index (χ2v) is 5.34. The largest absolute Gasteiger partial charge is 0.496 e. The highest BCUT2D eigenvalue weighted by molar-refractivity contribution is 5.85. The second-order valence-electron chi connectivity index (χ2n) is 5.34. The maximum Gasteiger partial charge on any atom is 0.126 e. The molecule has 0 aliphatic heterocycles. The number of ether oxygens (including phenoxy) is 2. The van der Waals surface area contributed by atoms with E-state index in [-0.39, 0.29) is 12.4 Å². The number of halogens is 1. The molecule has 1 saturated carbocycles. The van der Waals surface area contributed by atoms with Gasteiger partial charge in [0.25, 0.3) is 0 Å². The van der Waals surface area contributed by atoms with Crippen molar-refractivity contribution in [3.63, 3.8) is 0 Å². The van der Waals surface area contributed by atoms with Gasteiger partial charge in [-0.1, -0.05) is 0 Å². The van der Waals surface area contributed by atoms with Crippen LogP contribution in [0.1, 0.15) is 47.8 Å². The summed E-state index contributed by atoms with van der Waals surface area (Å²) in [6, 6.07) is 2.13. The van der Waals surface area contributed by atoms with Crippen molar-refractivity contribution in [1.29, 1.82) is 0 Å². The van der Waals surface area contributed by atoms with Crippen molar-refractivity contribution in [1.82, 2.24) is 0 Å². The Kier molecular flexibility index (Phi) is 4.26. The second kappa shape index (κ2) is 5.59. The molecule has 1 aromatic carbocycles. The summed E-state index contributed by atoms with van der Waals surface area (Å²) in [5, 5.41) is 0. The topological polar surface area (TPSA) is 44.5 Å². The lowest BCUT2D eigenvalue weighted by molar-refractivity contribution is 0.387. The molecule has 19 heavy (non-hydrogen) atoms. The number of hydrogen-bond donors (Lipinski definition) is 1. The molecule has 0 spiro atoms. The Balaban J connectivity index is 0.00000133. The van der Waals surface area contributed by atoms with Crippen LogP contribution < -0.4 is 15.2 Å². The van der Waals surface area contributed by atoms with Crippen LogP contribution in [0.5, 0.6) is 11.5 Å². The maximum atomic E-state index is 5.70. The summed E-state index contributed by atoms with van der Waals surface area (Å²) < 4.78 is 11.3. The molecule has 0 heterocycles. The number of rotatable bonds is 4. The van der Waals surface area contributed by atoms with Crippen molar-refractivity contribution in [2.45, 2.75) is 37.5 Å². The number of benzene rings is 1. The first-order chi connectivity index (χ1) is 8.80. The van der Waals surface area contributed by atoms with E-state index in [1.807, 2.05) is 0 Å². The smallest absolute Gasteiger partial charge is 0.126 e. The predicted molar refractivity (Wildman–Crippen MR) is 78.9 cm³/mol. The molecule has 2 N–H and O–H groups in total. The lowest BCUT2D eigenvalue weighted by Crippen LogP contribution is -2.09. The average Bonchev–Trinajstić information content (AvgIpc) is 2.99. The molecule has 1 aromatic rings. The molecule has 3 nitrogen and oxygen atoms in total. The van der Waals surface area contributed by atoms with Crippen LogP contribution in [0.2, 0.25) is 0 Å². The Hall–Kier alpha value is -0.930. The zero-order valence-electron chi connectivity index (χ0n) is 11.6. The SMILES string of the molecule is COc1cc(CCN)c(OC)c2c1[C@@H]1CC[C@H]2C1.Cl. The van der Waals surface area contributed by atoms with Crippen LogP contribution >= 0.6 is 12.4 Å². The first-order valence-corrected chi connectivity index (χ1v) is 6.77. The molecule has 2 aliphatic rings. The lowest BCUT2D eigenvalue weighted by atomic mass is 9.88. The van der Waals surface area contributed by atoms with E-state index in [1.165, 1.54) is 36.0 Å². The first-order valence-electron chi connectivity index (χ1n) is 6.77. The molecule has 3 rings (SSSR count). The van der Waals surface area contributed by atoms with Gasteiger partial charge in [0.05, 0.1) is 14.2 Å². The minimum Gasteiger partial charge on any atom is -0.496 e. The van der Waals surface area contributed by atoms with E-state index in [1.54, 1.807) is 14.2 Å². The third-order valence-electron chi connectivity index (χ3n) is 4.48. The maximum absolute atomic E-state index is 5.70. The highest BCUT2D eigenvalue weighted by atomic mass is 35.5. The highest BCUT2D eigenvalue weighted by Gasteiger charge is 2.41. The van der Waals surface area contributed by atoms with Crippen molar-refractivity contribution in [2.75, 3.05) is 20.8 Å². The molecular formula is C15H22ClNO2. The van der Waals surface area contributed by atoms with Crippen molar-refractivity contribution in [3.8, 4) is 11.5 Å². The van der Waals surface area contributed by atoms with Gasteiger partial charge in [0.15, 0.2) is 0 Å². The molecule has 0 unspecified atom stereocenters. The van der Waals surface area contributed by atoms with E-state index in [0.29, 0.717) is 18.4 Å². The lowest BCUT2D eigenvalue weighted by Gasteiger charge is -2.23. The standard InChI is InChI=1S/C15H21NO2.ClH/c1-17-12-8-11(5-6-16)15(18-2)14-10-4-3-9(7-10)13(12)14;/h8-10H,3-7,16H2,1-2H3;1H/t9-,10+;/m1./s1. The number of methoxy groups -OCH3 is 2. The van der Waals surface area contributed by atoms with Gasteiger partial charge in [-0.05, 0) is 55.7 Å². The Morgan fingerprint density at radius 2 is 1.84 bits per heavy atom. The summed E-state index contributed by atoms with van der Waals surface area (Å²) in [5.74, 6) is 3.47. The average molecular weight is 284 g/mol. The van der Waals surface area contributed by atoms with Gasteiger partial charge in [-0.15, -0.1) is 12.4 Å². The Labute approximate surface area is 120 Å². The molecule has 4 heteroatoms. The fourth-order valence-corrected chi connectivity index (χ4v) is 3.81. The molecule has 0 aromatic heterocycles. The normalized spacial score (nSPS) is 22.9. The monoisotopic (exact) mass is 283 g/mol. The van der Waals surface area contributed by atoms with E-state index in [4.69, 9.17) is 15.2 Å². The van der Waals surface area contributed by atoms with E-state index in [2.05, 4.69) is 6.07 Å². The summed E-state index contributed by atoms with van der Waals surface area (Å²) in [4.78, 5) is 0. The molecule has 0 radical (unpaired) electrons. The van der Waals surface area contributed by atoms with Gasteiger partial charge in [0.1, 0.15) is 11.5 Å². The van der Waals surface area contributed by atoms with E-state index >= 15 is 0 Å². The Morgan fingerprint density at radius 1 is 1.16 bits per heavy atom. The fraction of sp³-hybridized carbons (Fsp3) is 0.600. The van der Waals surface area contributed by atoms with E-state index in [0.717, 1.165) is 17.9 Å². The quantitative estimate of drug-likeness (QED) is 0.924. The third-order valence-corrected chi connectivity index (χ3v) is 4.48. The molecule has 2 atom stereocenters. The van der Waals surface area contributed by atoms with Gasteiger partial charge in [-0.3, -0.25) is 0 Å². The van der Waals surface area contributed by atoms with Gasteiger partial charge in [-0.25, -0.2) is 0 Å². The molecule has 1 fully saturated rings. The summed E-state index contributed by atoms with van der Waals surface area (Å²) in [6.07, 6.45) is 4.72. The van der Waals surface area contributed by atoms with Crippen molar-refractivity contribution < 1.29 is 9.47 Å². The number of nitrogens with two attached hydrogens (primary N) is 1. The Bertz CT molecular complexity index is 476. The third kappa shape index (κ3) is 2.09. The number of hydrogen-bond acceptors (Lipinski definition) is 3. The van der Waals surface area contributed by atoms with Gasteiger partial charge in [0, 0.05) is 11.1 Å². The molecule has 106 valence electrons. The summed E-state index contributed by atoms with van der Waals surface area (Å²) in [6.45, 7) is 0.645. The van der Waals surface area contributed by atoms with Gasteiger partial charge in [-0.2, -0.15) is 0 Å². The van der Waals surface area contributed by atoms with E-state index in [9.17, 15) is 0 Å². The summed E-state index contributed by atoms with van der Waals surface area (Å²) in [7, 11) is 3.54. The Morgan fingerprint density at radius 3 is 2.42 bits per heavy atom. The van der Waals surface area contributed by atoms with Crippen LogP contribution in [0.3, 0.4) is 0 Å². The van der Waals surface area contributed by atoms with Gasteiger partial charge in [0.2, 0.25) is 0 Å². The first kappa shape index (κ1) is 14.5. The van der Waals surface area contributed by atoms with Gasteiger partial charge < -0.3 is 15.2 Å². The zero-order chi connectivity index (χ0) is 12.7. The highest BCUT2D eigenvalue weighted by Crippen LogP contribution is 2.59. The molecule has 2 bridgehead atoms. The number of fused-ring (bicyclic) bond motifs is 5. The fourth-order valence-electron chi connectivity index (χ4n) is 3.81. The van der Waals surface area contributed by atoms with Crippen molar-refractivity contribution in [3.05, 3.63) is 22.8 Å². The van der Waals surface area contributed by atoms with Crippen molar-refractivity contribution >= 4 is 12.4 Å². The van der Waals surface area contributed by atoms with E-state index < -0.39 is 0 Å². The molecule has 0 amide bonds. The van der Waals surface area contributed by atoms with Crippen LogP contribution in [0.25, 0.3) is 0 Å². The van der Waals surface area contributed by atoms with Crippen molar-refractivity contribution in [2.24, 2.45) is 5.73 Å². The summed E-state index contributed by atoms with van der Waals surface area (Å²) >= 11 is 0. The zero-order valence-corrected chi connectivity index (χ0v) is 12.4. The van der Waals surface area contributed by atoms with Crippen LogP contribution in [0.4, 0.5) is 0 Å².